The molecular formula is C31H32Cl2N2O2. The number of aryl methyl sites for hydroxylation is 1. The second kappa shape index (κ2) is 9.98. The summed E-state index contributed by atoms with van der Waals surface area (Å²) in [6.07, 6.45) is 3.99. The van der Waals surface area contributed by atoms with Gasteiger partial charge >= 0.3 is 0 Å². The number of ether oxygens (including phenoxy) is 1. The van der Waals surface area contributed by atoms with Gasteiger partial charge in [-0.15, -0.1) is 0 Å². The van der Waals surface area contributed by atoms with Crippen molar-refractivity contribution in [3.63, 3.8) is 0 Å². The summed E-state index contributed by atoms with van der Waals surface area (Å²) in [4.78, 5) is 15.4. The van der Waals surface area contributed by atoms with Crippen LogP contribution < -0.4 is 4.74 Å². The van der Waals surface area contributed by atoms with Gasteiger partial charge in [-0.05, 0) is 77.8 Å². The molecule has 2 unspecified atom stereocenters. The van der Waals surface area contributed by atoms with Gasteiger partial charge in [-0.1, -0.05) is 54.1 Å². The number of rotatable bonds is 7. The Morgan fingerprint density at radius 1 is 1.03 bits per heavy atom. The SMILES string of the molecule is COc1ccc(CCC(=O)N(Cl)C2CCN(CC34CC(c5ccccc53)c3ccc(Cl)cc34)CC2)cc1. The van der Waals surface area contributed by atoms with Crippen molar-refractivity contribution in [3.8, 4) is 5.75 Å². The van der Waals surface area contributed by atoms with Crippen molar-refractivity contribution >= 4 is 29.3 Å². The zero-order chi connectivity index (χ0) is 25.6. The molecule has 2 bridgehead atoms. The number of fused-ring (bicyclic) bond motifs is 8. The number of piperidine rings is 1. The molecule has 1 amide bonds. The van der Waals surface area contributed by atoms with Crippen LogP contribution in [0.5, 0.6) is 5.75 Å². The van der Waals surface area contributed by atoms with E-state index in [1.54, 1.807) is 7.11 Å². The highest BCUT2D eigenvalue weighted by atomic mass is 35.5. The smallest absolute Gasteiger partial charge is 0.237 e. The molecule has 0 saturated carbocycles. The minimum atomic E-state index is -0.0107. The fourth-order valence-electron chi connectivity index (χ4n) is 6.86. The zero-order valence-electron chi connectivity index (χ0n) is 21.1. The van der Waals surface area contributed by atoms with Crippen molar-refractivity contribution < 1.29 is 9.53 Å². The lowest BCUT2D eigenvalue weighted by Gasteiger charge is -2.41. The van der Waals surface area contributed by atoms with Crippen LogP contribution in [0.1, 0.15) is 59.4 Å². The van der Waals surface area contributed by atoms with E-state index in [1.807, 2.05) is 30.3 Å². The van der Waals surface area contributed by atoms with Crippen LogP contribution >= 0.6 is 23.4 Å². The van der Waals surface area contributed by atoms with Crippen LogP contribution in [-0.2, 0) is 16.6 Å². The molecule has 3 aromatic carbocycles. The number of halogens is 2. The lowest BCUT2D eigenvalue weighted by Crippen LogP contribution is -2.47. The zero-order valence-corrected chi connectivity index (χ0v) is 22.6. The molecule has 6 rings (SSSR count). The molecule has 1 saturated heterocycles. The lowest BCUT2D eigenvalue weighted by molar-refractivity contribution is -0.128. The summed E-state index contributed by atoms with van der Waals surface area (Å²) < 4.78 is 6.69. The van der Waals surface area contributed by atoms with Gasteiger partial charge in [0.1, 0.15) is 5.75 Å². The van der Waals surface area contributed by atoms with E-state index < -0.39 is 0 Å². The van der Waals surface area contributed by atoms with Crippen molar-refractivity contribution in [2.24, 2.45) is 0 Å². The Kier molecular flexibility index (Phi) is 6.68. The average Bonchev–Trinajstić information content (AvgIpc) is 3.43. The fraction of sp³-hybridized carbons (Fsp3) is 0.387. The number of carbonyl (C=O) groups is 1. The van der Waals surface area contributed by atoms with Gasteiger partial charge in [0.25, 0.3) is 0 Å². The quantitative estimate of drug-likeness (QED) is 0.321. The normalized spacial score (nSPS) is 22.5. The Labute approximate surface area is 229 Å². The molecule has 1 fully saturated rings. The highest BCUT2D eigenvalue weighted by Crippen LogP contribution is 2.60. The van der Waals surface area contributed by atoms with Crippen LogP contribution in [0.2, 0.25) is 5.02 Å². The second-order valence-electron chi connectivity index (χ2n) is 10.7. The van der Waals surface area contributed by atoms with Crippen LogP contribution in [0, 0.1) is 0 Å². The number of nitrogens with zero attached hydrogens (tertiary/aromatic N) is 2. The maximum absolute atomic E-state index is 12.9. The fourth-order valence-corrected chi connectivity index (χ4v) is 7.31. The number of hydrogen-bond acceptors (Lipinski definition) is 3. The Bertz CT molecular complexity index is 1300. The largest absolute Gasteiger partial charge is 0.497 e. The van der Waals surface area contributed by atoms with Gasteiger partial charge in [0, 0.05) is 54.2 Å². The summed E-state index contributed by atoms with van der Waals surface area (Å²) in [6, 6.07) is 23.3. The van der Waals surface area contributed by atoms with E-state index in [0.29, 0.717) is 18.8 Å². The monoisotopic (exact) mass is 534 g/mol. The molecule has 0 aromatic heterocycles. The Hall–Kier alpha value is -2.53. The molecule has 0 N–H and O–H groups in total. The Morgan fingerprint density at radius 2 is 1.76 bits per heavy atom. The van der Waals surface area contributed by atoms with E-state index in [4.69, 9.17) is 28.1 Å². The van der Waals surface area contributed by atoms with Gasteiger partial charge in [-0.25, -0.2) is 0 Å². The molecule has 2 atom stereocenters. The van der Waals surface area contributed by atoms with Gasteiger partial charge in [0.2, 0.25) is 5.91 Å². The van der Waals surface area contributed by atoms with E-state index in [2.05, 4.69) is 41.3 Å². The lowest BCUT2D eigenvalue weighted by atomic mass is 9.74. The van der Waals surface area contributed by atoms with Gasteiger partial charge in [-0.3, -0.25) is 9.21 Å². The maximum atomic E-state index is 12.9. The topological polar surface area (TPSA) is 32.8 Å². The number of hydrogen-bond donors (Lipinski definition) is 0. The molecule has 0 radical (unpaired) electrons. The van der Waals surface area contributed by atoms with Crippen LogP contribution in [0.4, 0.5) is 0 Å². The third-order valence-electron chi connectivity index (χ3n) is 8.71. The molecule has 37 heavy (non-hydrogen) atoms. The molecule has 1 aliphatic heterocycles. The first-order chi connectivity index (χ1) is 18.0. The van der Waals surface area contributed by atoms with Crippen molar-refractivity contribution in [1.29, 1.82) is 0 Å². The van der Waals surface area contributed by atoms with E-state index in [1.165, 1.54) is 26.7 Å². The third-order valence-corrected chi connectivity index (χ3v) is 9.41. The third kappa shape index (κ3) is 4.43. The number of amides is 1. The highest BCUT2D eigenvalue weighted by Gasteiger charge is 2.53. The van der Waals surface area contributed by atoms with Gasteiger partial charge < -0.3 is 9.64 Å². The van der Waals surface area contributed by atoms with Gasteiger partial charge in [0.15, 0.2) is 0 Å². The van der Waals surface area contributed by atoms with Crippen LogP contribution in [0.25, 0.3) is 0 Å². The Morgan fingerprint density at radius 3 is 2.51 bits per heavy atom. The molecule has 6 heteroatoms. The summed E-state index contributed by atoms with van der Waals surface area (Å²) >= 11 is 13.1. The standard InChI is InChI=1S/C31H32Cl2N2O2/c1-37-24-10-6-21(7-11-24)8-13-30(36)35(33)23-14-16-34(17-15-23)20-31-19-27(25-4-2-3-5-28(25)31)26-12-9-22(32)18-29(26)31/h2-7,9-12,18,23,27H,8,13-17,19-20H2,1H3. The predicted octanol–water partition coefficient (Wildman–Crippen LogP) is 6.56. The molecule has 3 aliphatic rings. The molecule has 4 nitrogen and oxygen atoms in total. The van der Waals surface area contributed by atoms with Crippen molar-refractivity contribution in [2.45, 2.75) is 49.5 Å². The van der Waals surface area contributed by atoms with Crippen LogP contribution in [-0.4, -0.2) is 48.0 Å². The molecule has 1 heterocycles. The van der Waals surface area contributed by atoms with Crippen LogP contribution in [0.3, 0.4) is 0 Å². The second-order valence-corrected chi connectivity index (χ2v) is 11.5. The maximum Gasteiger partial charge on any atom is 0.237 e. The number of benzene rings is 3. The number of likely N-dealkylation sites (tertiary alicyclic amines) is 1. The summed E-state index contributed by atoms with van der Waals surface area (Å²) in [5.74, 6) is 1.28. The summed E-state index contributed by atoms with van der Waals surface area (Å²) in [5, 5.41) is 0.813. The molecule has 2 aliphatic carbocycles. The molecule has 0 spiro atoms. The van der Waals surface area contributed by atoms with Crippen LogP contribution in [0.15, 0.2) is 66.7 Å². The van der Waals surface area contributed by atoms with Gasteiger partial charge in [-0.2, -0.15) is 0 Å². The predicted molar refractivity (Wildman–Crippen MR) is 149 cm³/mol. The van der Waals surface area contributed by atoms with Gasteiger partial charge in [0.05, 0.1) is 13.2 Å². The first-order valence-corrected chi connectivity index (χ1v) is 13.9. The first-order valence-electron chi connectivity index (χ1n) is 13.2. The van der Waals surface area contributed by atoms with E-state index in [0.717, 1.165) is 55.2 Å². The van der Waals surface area contributed by atoms with E-state index in [9.17, 15) is 4.79 Å². The summed E-state index contributed by atoms with van der Waals surface area (Å²) in [5.41, 5.74) is 6.88. The summed E-state index contributed by atoms with van der Waals surface area (Å²) in [7, 11) is 1.65. The number of carbonyl (C=O) groups excluding carboxylic acids is 1. The van der Waals surface area contributed by atoms with Crippen molar-refractivity contribution in [3.05, 3.63) is 99.6 Å². The van der Waals surface area contributed by atoms with E-state index in [-0.39, 0.29) is 17.4 Å². The van der Waals surface area contributed by atoms with E-state index >= 15 is 0 Å². The van der Waals surface area contributed by atoms with Crippen molar-refractivity contribution in [1.82, 2.24) is 9.32 Å². The minimum Gasteiger partial charge on any atom is -0.497 e. The highest BCUT2D eigenvalue weighted by molar-refractivity contribution is 6.30. The van der Waals surface area contributed by atoms with Crippen molar-refractivity contribution in [2.75, 3.05) is 26.7 Å². The Balaban J connectivity index is 1.10. The number of methoxy groups -OCH3 is 1. The average molecular weight is 536 g/mol. The molecule has 192 valence electrons. The minimum absolute atomic E-state index is 0.00135. The molecule has 3 aromatic rings. The first kappa shape index (κ1) is 24.8. The summed E-state index contributed by atoms with van der Waals surface area (Å²) in [6.45, 7) is 2.85. The molecular weight excluding hydrogens is 503 g/mol.